The highest BCUT2D eigenvalue weighted by Crippen LogP contribution is 2.20. The minimum atomic E-state index is -3.80. The van der Waals surface area contributed by atoms with Gasteiger partial charge in [-0.15, -0.1) is 0 Å². The number of halogens is 1. The SMILES string of the molecule is O=c1c2ccc(S(=O)(=O)Cl)cc2nc2n1CCC2. The number of hydrogen-bond acceptors (Lipinski definition) is 4. The van der Waals surface area contributed by atoms with Gasteiger partial charge in [0.2, 0.25) is 0 Å². The second-order valence-corrected chi connectivity index (χ2v) is 6.77. The van der Waals surface area contributed by atoms with Gasteiger partial charge in [-0.3, -0.25) is 9.36 Å². The largest absolute Gasteiger partial charge is 0.296 e. The van der Waals surface area contributed by atoms with Crippen LogP contribution in [0.5, 0.6) is 0 Å². The summed E-state index contributed by atoms with van der Waals surface area (Å²) in [5.74, 6) is 0.705. The standard InChI is InChI=1S/C11H9ClN2O3S/c12-18(16,17)7-3-4-8-9(6-7)13-10-2-1-5-14(10)11(8)15/h3-4,6H,1-2,5H2. The van der Waals surface area contributed by atoms with E-state index in [1.807, 2.05) is 0 Å². The number of nitrogens with zero attached hydrogens (tertiary/aromatic N) is 2. The first-order valence-electron chi connectivity index (χ1n) is 5.45. The van der Waals surface area contributed by atoms with Crippen molar-refractivity contribution < 1.29 is 8.42 Å². The number of benzene rings is 1. The molecule has 0 unspecified atom stereocenters. The Kier molecular flexibility index (Phi) is 2.46. The normalized spacial score (nSPS) is 14.9. The molecule has 0 N–H and O–H groups in total. The van der Waals surface area contributed by atoms with E-state index in [0.29, 0.717) is 23.3 Å². The molecular weight excluding hydrogens is 276 g/mol. The number of aryl methyl sites for hydroxylation is 1. The van der Waals surface area contributed by atoms with Crippen LogP contribution < -0.4 is 5.56 Å². The van der Waals surface area contributed by atoms with Gasteiger partial charge in [0, 0.05) is 23.6 Å². The fourth-order valence-electron chi connectivity index (χ4n) is 2.22. The maximum Gasteiger partial charge on any atom is 0.261 e. The van der Waals surface area contributed by atoms with Crippen molar-refractivity contribution in [2.75, 3.05) is 0 Å². The Morgan fingerprint density at radius 3 is 2.83 bits per heavy atom. The van der Waals surface area contributed by atoms with Gasteiger partial charge in [0.15, 0.2) is 0 Å². The molecule has 7 heteroatoms. The monoisotopic (exact) mass is 284 g/mol. The number of fused-ring (bicyclic) bond motifs is 2. The van der Waals surface area contributed by atoms with Crippen LogP contribution in [0.3, 0.4) is 0 Å². The van der Waals surface area contributed by atoms with Crippen LogP contribution in [0.15, 0.2) is 27.9 Å². The molecule has 94 valence electrons. The van der Waals surface area contributed by atoms with Gasteiger partial charge in [0.05, 0.1) is 15.8 Å². The highest BCUT2D eigenvalue weighted by Gasteiger charge is 2.18. The number of aromatic nitrogens is 2. The highest BCUT2D eigenvalue weighted by molar-refractivity contribution is 8.13. The predicted octanol–water partition coefficient (Wildman–Crippen LogP) is 1.27. The fraction of sp³-hybridized carbons (Fsp3) is 0.273. The van der Waals surface area contributed by atoms with Crippen LogP contribution in [0.2, 0.25) is 0 Å². The highest BCUT2D eigenvalue weighted by atomic mass is 35.7. The third-order valence-corrected chi connectivity index (χ3v) is 4.42. The quantitative estimate of drug-likeness (QED) is 0.740. The summed E-state index contributed by atoms with van der Waals surface area (Å²) < 4.78 is 24.1. The molecule has 0 radical (unpaired) electrons. The molecule has 1 aromatic heterocycles. The summed E-state index contributed by atoms with van der Waals surface area (Å²) in [7, 11) is 1.48. The van der Waals surface area contributed by atoms with E-state index in [9.17, 15) is 13.2 Å². The smallest absolute Gasteiger partial charge is 0.261 e. The third kappa shape index (κ3) is 1.72. The summed E-state index contributed by atoms with van der Waals surface area (Å²) in [6.07, 6.45) is 1.63. The Morgan fingerprint density at radius 2 is 2.11 bits per heavy atom. The molecule has 1 aliphatic heterocycles. The van der Waals surface area contributed by atoms with E-state index in [1.54, 1.807) is 4.57 Å². The second-order valence-electron chi connectivity index (χ2n) is 4.21. The van der Waals surface area contributed by atoms with Gasteiger partial charge in [0.1, 0.15) is 5.82 Å². The Hall–Kier alpha value is -1.40. The minimum Gasteiger partial charge on any atom is -0.296 e. The molecule has 0 amide bonds. The molecule has 1 aliphatic rings. The van der Waals surface area contributed by atoms with Crippen molar-refractivity contribution in [2.45, 2.75) is 24.3 Å². The first-order valence-corrected chi connectivity index (χ1v) is 7.76. The van der Waals surface area contributed by atoms with E-state index in [4.69, 9.17) is 10.7 Å². The van der Waals surface area contributed by atoms with E-state index < -0.39 is 9.05 Å². The van der Waals surface area contributed by atoms with E-state index in [2.05, 4.69) is 4.98 Å². The van der Waals surface area contributed by atoms with Crippen LogP contribution in [-0.2, 0) is 22.0 Å². The molecule has 18 heavy (non-hydrogen) atoms. The van der Waals surface area contributed by atoms with Gasteiger partial charge in [0.25, 0.3) is 14.6 Å². The van der Waals surface area contributed by atoms with Crippen molar-refractivity contribution in [1.29, 1.82) is 0 Å². The molecule has 0 fully saturated rings. The van der Waals surface area contributed by atoms with Gasteiger partial charge >= 0.3 is 0 Å². The maximum atomic E-state index is 12.1. The molecule has 2 aromatic rings. The molecule has 0 saturated carbocycles. The lowest BCUT2D eigenvalue weighted by Crippen LogP contribution is -2.20. The first kappa shape index (κ1) is 11.7. The molecule has 0 saturated heterocycles. The van der Waals surface area contributed by atoms with Crippen molar-refractivity contribution in [3.63, 3.8) is 0 Å². The van der Waals surface area contributed by atoms with Crippen LogP contribution in [0, 0.1) is 0 Å². The first-order chi connectivity index (χ1) is 8.47. The summed E-state index contributed by atoms with van der Waals surface area (Å²) in [5, 5.41) is 0.421. The number of rotatable bonds is 1. The molecule has 0 aliphatic carbocycles. The third-order valence-electron chi connectivity index (χ3n) is 3.07. The summed E-state index contributed by atoms with van der Waals surface area (Å²) >= 11 is 0. The number of hydrogen-bond donors (Lipinski definition) is 0. The second kappa shape index (κ2) is 3.80. The van der Waals surface area contributed by atoms with Crippen LogP contribution in [-0.4, -0.2) is 18.0 Å². The predicted molar refractivity (Wildman–Crippen MR) is 67.4 cm³/mol. The Morgan fingerprint density at radius 1 is 1.33 bits per heavy atom. The molecule has 0 bridgehead atoms. The minimum absolute atomic E-state index is 0.0356. The van der Waals surface area contributed by atoms with E-state index in [-0.39, 0.29) is 10.5 Å². The topological polar surface area (TPSA) is 69.0 Å². The summed E-state index contributed by atoms with van der Waals surface area (Å²) in [6.45, 7) is 0.673. The van der Waals surface area contributed by atoms with Crippen LogP contribution in [0.1, 0.15) is 12.2 Å². The zero-order valence-corrected chi connectivity index (χ0v) is 10.8. The van der Waals surface area contributed by atoms with Crippen molar-refractivity contribution in [3.8, 4) is 0 Å². The lowest BCUT2D eigenvalue weighted by molar-refractivity contribution is 0.609. The summed E-state index contributed by atoms with van der Waals surface area (Å²) in [4.78, 5) is 16.4. The summed E-state index contributed by atoms with van der Waals surface area (Å²) in [5.41, 5.74) is 0.265. The Labute approximate surface area is 107 Å². The van der Waals surface area contributed by atoms with Gasteiger partial charge in [-0.05, 0) is 24.6 Å². The molecule has 0 atom stereocenters. The van der Waals surface area contributed by atoms with Crippen LogP contribution >= 0.6 is 10.7 Å². The van der Waals surface area contributed by atoms with Crippen LogP contribution in [0.4, 0.5) is 0 Å². The average molecular weight is 285 g/mol. The van der Waals surface area contributed by atoms with Crippen molar-refractivity contribution in [2.24, 2.45) is 0 Å². The van der Waals surface area contributed by atoms with E-state index in [0.717, 1.165) is 12.8 Å². The van der Waals surface area contributed by atoms with Crippen molar-refractivity contribution >= 4 is 30.6 Å². The van der Waals surface area contributed by atoms with E-state index in [1.165, 1.54) is 18.2 Å². The van der Waals surface area contributed by atoms with Gasteiger partial charge in [-0.1, -0.05) is 0 Å². The lowest BCUT2D eigenvalue weighted by atomic mass is 10.2. The van der Waals surface area contributed by atoms with E-state index >= 15 is 0 Å². The fourth-order valence-corrected chi connectivity index (χ4v) is 2.99. The molecule has 0 spiro atoms. The molecular formula is C11H9ClN2O3S. The zero-order valence-electron chi connectivity index (χ0n) is 9.26. The Bertz CT molecular complexity index is 811. The maximum absolute atomic E-state index is 12.1. The van der Waals surface area contributed by atoms with Crippen molar-refractivity contribution in [3.05, 3.63) is 34.4 Å². The molecule has 3 rings (SSSR count). The van der Waals surface area contributed by atoms with Gasteiger partial charge in [-0.2, -0.15) is 0 Å². The molecule has 5 nitrogen and oxygen atoms in total. The Balaban J connectivity index is 2.38. The van der Waals surface area contributed by atoms with Crippen molar-refractivity contribution in [1.82, 2.24) is 9.55 Å². The average Bonchev–Trinajstić information content (AvgIpc) is 2.75. The van der Waals surface area contributed by atoms with Gasteiger partial charge in [-0.25, -0.2) is 13.4 Å². The van der Waals surface area contributed by atoms with Crippen LogP contribution in [0.25, 0.3) is 10.9 Å². The zero-order chi connectivity index (χ0) is 12.9. The molecule has 2 heterocycles. The molecule has 1 aromatic carbocycles. The lowest BCUT2D eigenvalue weighted by Gasteiger charge is -2.05. The van der Waals surface area contributed by atoms with Gasteiger partial charge < -0.3 is 0 Å². The summed E-state index contributed by atoms with van der Waals surface area (Å²) in [6, 6.07) is 4.14.